The summed E-state index contributed by atoms with van der Waals surface area (Å²) in [6, 6.07) is -1.08. The molecule has 0 aromatic carbocycles. The average molecular weight is 1070 g/mol. The van der Waals surface area contributed by atoms with Gasteiger partial charge in [-0.1, -0.05) is 231 Å². The van der Waals surface area contributed by atoms with Crippen LogP contribution < -0.4 is 5.32 Å². The van der Waals surface area contributed by atoms with E-state index in [4.69, 9.17) is 14.2 Å². The lowest BCUT2D eigenvalue weighted by Crippen LogP contribution is -2.61. The van der Waals surface area contributed by atoms with E-state index in [9.17, 15) is 35.1 Å². The first-order valence-corrected chi connectivity index (χ1v) is 30.0. The van der Waals surface area contributed by atoms with E-state index in [1.54, 1.807) is 6.08 Å². The third kappa shape index (κ3) is 40.6. The molecule has 8 unspecified atom stereocenters. The fourth-order valence-corrected chi connectivity index (χ4v) is 8.31. The van der Waals surface area contributed by atoms with Crippen LogP contribution in [0.3, 0.4) is 0 Å². The standard InChI is InChI=1S/C66H107NO10/c1-4-7-10-13-16-19-22-25-27-29-30-31-33-36-39-42-45-48-51-54-61(71)77-64-63(73)62(72)60(55-68)76-66(64)75-56-57(58(69)52-49-46-43-40-37-34-24-21-18-15-12-9-6-3)67-65(74)59(70)53-50-47-44-41-38-35-32-28-26-23-20-17-14-11-8-5-2/h7,10,16-17,19-20,25-28,30-31,35-36,38-39,44-45,47-49,52,57-60,62-64,66,68-70,72-73H,4-6,8-9,11-15,18,21-24,29,32-34,37,40-43,46,50-51,53-56H2,1-3H3,(H,67,74)/b10-7-,19-16-,20-17-,27-25-,28-26-,31-30-,38-35-,39-36-,47-44-,48-45-,52-49+. The average Bonchev–Trinajstić information content (AvgIpc) is 3.43. The molecule has 6 N–H and O–H groups in total. The second kappa shape index (κ2) is 52.5. The maximum absolute atomic E-state index is 13.4. The molecule has 436 valence electrons. The van der Waals surface area contributed by atoms with Gasteiger partial charge in [0.05, 0.1) is 25.4 Å². The molecule has 77 heavy (non-hydrogen) atoms. The molecule has 0 aromatic heterocycles. The number of carbonyl (C=O) groups is 2. The van der Waals surface area contributed by atoms with Crippen LogP contribution in [0.5, 0.6) is 0 Å². The predicted octanol–water partition coefficient (Wildman–Crippen LogP) is 14.1. The number of unbranched alkanes of at least 4 members (excludes halogenated alkanes) is 14. The number of hydrogen-bond acceptors (Lipinski definition) is 10. The van der Waals surface area contributed by atoms with E-state index in [2.05, 4.69) is 123 Å². The lowest BCUT2D eigenvalue weighted by Gasteiger charge is -2.41. The molecule has 8 atom stereocenters. The fourth-order valence-electron chi connectivity index (χ4n) is 8.31. The lowest BCUT2D eigenvalue weighted by atomic mass is 9.99. The molecule has 1 heterocycles. The van der Waals surface area contributed by atoms with Crippen molar-refractivity contribution >= 4 is 11.9 Å². The molecule has 0 spiro atoms. The molecule has 0 saturated carbocycles. The van der Waals surface area contributed by atoms with Crippen molar-refractivity contribution in [2.75, 3.05) is 13.2 Å². The summed E-state index contributed by atoms with van der Waals surface area (Å²) in [5.41, 5.74) is 0. The highest BCUT2D eigenvalue weighted by Gasteiger charge is 2.47. The van der Waals surface area contributed by atoms with E-state index >= 15 is 0 Å². The first-order valence-electron chi connectivity index (χ1n) is 30.0. The highest BCUT2D eigenvalue weighted by Crippen LogP contribution is 2.26. The summed E-state index contributed by atoms with van der Waals surface area (Å²) in [4.78, 5) is 26.5. The molecule has 11 heteroatoms. The summed E-state index contributed by atoms with van der Waals surface area (Å²) in [5.74, 6) is -1.36. The quantitative estimate of drug-likeness (QED) is 0.0195. The molecule has 1 saturated heterocycles. The third-order valence-corrected chi connectivity index (χ3v) is 13.1. The second-order valence-electron chi connectivity index (χ2n) is 20.0. The number of amides is 1. The molecular formula is C66H107NO10. The van der Waals surface area contributed by atoms with Gasteiger partial charge in [-0.15, -0.1) is 0 Å². The molecule has 1 rings (SSSR count). The van der Waals surface area contributed by atoms with Crippen molar-refractivity contribution < 1.29 is 49.3 Å². The molecule has 0 aliphatic carbocycles. The van der Waals surface area contributed by atoms with Gasteiger partial charge in [0.2, 0.25) is 5.91 Å². The van der Waals surface area contributed by atoms with Crippen molar-refractivity contribution in [2.24, 2.45) is 0 Å². The lowest BCUT2D eigenvalue weighted by molar-refractivity contribution is -0.305. The normalized spacial score (nSPS) is 20.0. The van der Waals surface area contributed by atoms with Crippen molar-refractivity contribution in [1.29, 1.82) is 0 Å². The number of nitrogens with one attached hydrogen (secondary N) is 1. The number of rotatable bonds is 48. The monoisotopic (exact) mass is 1070 g/mol. The Balaban J connectivity index is 2.81. The molecule has 11 nitrogen and oxygen atoms in total. The Kier molecular flexibility index (Phi) is 48.3. The Hall–Kier alpha value is -4.20. The summed E-state index contributed by atoms with van der Waals surface area (Å²) in [6.07, 6.45) is 63.6. The van der Waals surface area contributed by atoms with E-state index in [-0.39, 0.29) is 19.4 Å². The van der Waals surface area contributed by atoms with Crippen LogP contribution in [0.4, 0.5) is 0 Å². The van der Waals surface area contributed by atoms with Crippen LogP contribution in [0.15, 0.2) is 134 Å². The highest BCUT2D eigenvalue weighted by molar-refractivity contribution is 5.80. The van der Waals surface area contributed by atoms with Crippen LogP contribution in [0.2, 0.25) is 0 Å². The predicted molar refractivity (Wildman–Crippen MR) is 319 cm³/mol. The minimum atomic E-state index is -1.66. The zero-order valence-electron chi connectivity index (χ0n) is 48.0. The first kappa shape index (κ1) is 70.8. The zero-order valence-corrected chi connectivity index (χ0v) is 48.0. The Morgan fingerprint density at radius 1 is 0.519 bits per heavy atom. The summed E-state index contributed by atoms with van der Waals surface area (Å²) in [5, 5.41) is 56.8. The molecule has 1 amide bonds. The van der Waals surface area contributed by atoms with Crippen molar-refractivity contribution in [3.63, 3.8) is 0 Å². The summed E-state index contributed by atoms with van der Waals surface area (Å²) >= 11 is 0. The first-order chi connectivity index (χ1) is 37.7. The van der Waals surface area contributed by atoms with Gasteiger partial charge in [0.25, 0.3) is 0 Å². The van der Waals surface area contributed by atoms with Crippen molar-refractivity contribution in [3.8, 4) is 0 Å². The molecule has 0 bridgehead atoms. The van der Waals surface area contributed by atoms with Crippen LogP contribution in [-0.2, 0) is 23.8 Å². The summed E-state index contributed by atoms with van der Waals surface area (Å²) in [7, 11) is 0. The maximum atomic E-state index is 13.4. The Labute approximate surface area is 467 Å². The number of aliphatic hydroxyl groups is 5. The van der Waals surface area contributed by atoms with E-state index in [0.717, 1.165) is 83.5 Å². The van der Waals surface area contributed by atoms with Crippen LogP contribution in [-0.4, -0.2) is 99.6 Å². The second-order valence-corrected chi connectivity index (χ2v) is 20.0. The number of allylic oxidation sites excluding steroid dienone is 21. The number of esters is 1. The number of ether oxygens (including phenoxy) is 3. The van der Waals surface area contributed by atoms with Crippen molar-refractivity contribution in [2.45, 2.75) is 256 Å². The minimum Gasteiger partial charge on any atom is -0.454 e. The van der Waals surface area contributed by atoms with Crippen LogP contribution in [0, 0.1) is 0 Å². The zero-order chi connectivity index (χ0) is 56.1. The third-order valence-electron chi connectivity index (χ3n) is 13.1. The summed E-state index contributed by atoms with van der Waals surface area (Å²) < 4.78 is 17.5. The molecule has 1 fully saturated rings. The smallest absolute Gasteiger partial charge is 0.306 e. The van der Waals surface area contributed by atoms with Gasteiger partial charge in [-0.3, -0.25) is 9.59 Å². The van der Waals surface area contributed by atoms with Gasteiger partial charge < -0.3 is 45.1 Å². The summed E-state index contributed by atoms with van der Waals surface area (Å²) in [6.45, 7) is 5.55. The molecule has 0 radical (unpaired) electrons. The van der Waals surface area contributed by atoms with E-state index in [1.807, 2.05) is 30.4 Å². The van der Waals surface area contributed by atoms with Gasteiger partial charge in [-0.2, -0.15) is 0 Å². The molecule has 1 aliphatic rings. The van der Waals surface area contributed by atoms with Crippen molar-refractivity contribution in [3.05, 3.63) is 134 Å². The number of carbonyl (C=O) groups excluding carboxylic acids is 2. The topological polar surface area (TPSA) is 175 Å². The molecule has 0 aromatic rings. The van der Waals surface area contributed by atoms with E-state index < -0.39 is 67.4 Å². The van der Waals surface area contributed by atoms with Gasteiger partial charge in [0, 0.05) is 6.42 Å². The molecule has 1 aliphatic heterocycles. The Morgan fingerprint density at radius 2 is 0.935 bits per heavy atom. The van der Waals surface area contributed by atoms with Gasteiger partial charge >= 0.3 is 5.97 Å². The van der Waals surface area contributed by atoms with Gasteiger partial charge in [0.1, 0.15) is 24.4 Å². The Morgan fingerprint density at radius 3 is 1.43 bits per heavy atom. The fraction of sp³-hybridized carbons (Fsp3) is 0.636. The number of aliphatic hydroxyl groups excluding tert-OH is 5. The van der Waals surface area contributed by atoms with Gasteiger partial charge in [-0.25, -0.2) is 0 Å². The highest BCUT2D eigenvalue weighted by atomic mass is 16.7. The maximum Gasteiger partial charge on any atom is 0.306 e. The Bertz CT molecular complexity index is 1760. The van der Waals surface area contributed by atoms with Crippen LogP contribution in [0.1, 0.15) is 207 Å². The SMILES string of the molecule is CC/C=C\C/C=C\C/C=C\C/C=C\C/C=C\C/C=C\CCC(=O)OC1C(OCC(NC(=O)C(O)CC/C=C\C/C=C\C/C=C\C/C=C\CCCCC)C(O)/C=C/CCCCCCCCCCCCC)OC(CO)C(O)C1O. The van der Waals surface area contributed by atoms with Gasteiger partial charge in [-0.05, 0) is 103 Å². The van der Waals surface area contributed by atoms with Crippen LogP contribution in [0.25, 0.3) is 0 Å². The minimum absolute atomic E-state index is 0.0160. The molecular weight excluding hydrogens is 967 g/mol. The van der Waals surface area contributed by atoms with Crippen molar-refractivity contribution in [1.82, 2.24) is 5.32 Å². The van der Waals surface area contributed by atoms with Crippen LogP contribution >= 0.6 is 0 Å². The van der Waals surface area contributed by atoms with Gasteiger partial charge in [0.15, 0.2) is 12.4 Å². The number of hydrogen-bond donors (Lipinski definition) is 6. The largest absolute Gasteiger partial charge is 0.454 e. The van der Waals surface area contributed by atoms with E-state index in [0.29, 0.717) is 19.3 Å². The van der Waals surface area contributed by atoms with E-state index in [1.165, 1.54) is 70.6 Å².